The van der Waals surface area contributed by atoms with Crippen molar-refractivity contribution < 1.29 is 9.18 Å². The van der Waals surface area contributed by atoms with Crippen LogP contribution in [-0.2, 0) is 4.79 Å². The number of hydrogen-bond acceptors (Lipinski definition) is 2. The molecule has 2 fully saturated rings. The van der Waals surface area contributed by atoms with Gasteiger partial charge in [-0.1, -0.05) is 0 Å². The summed E-state index contributed by atoms with van der Waals surface area (Å²) >= 11 is 5.68. The van der Waals surface area contributed by atoms with Gasteiger partial charge in [0, 0.05) is 23.8 Å². The lowest BCUT2D eigenvalue weighted by Gasteiger charge is -2.39. The predicted octanol–water partition coefficient (Wildman–Crippen LogP) is 3.00. The fourth-order valence-electron chi connectivity index (χ4n) is 3.55. The van der Waals surface area contributed by atoms with E-state index < -0.39 is 0 Å². The number of anilines is 1. The lowest BCUT2D eigenvalue weighted by atomic mass is 9.97. The van der Waals surface area contributed by atoms with Crippen LogP contribution in [0.15, 0.2) is 24.3 Å². The Bertz CT molecular complexity index is 479. The summed E-state index contributed by atoms with van der Waals surface area (Å²) in [6.45, 7) is 0. The van der Waals surface area contributed by atoms with Gasteiger partial charge in [-0.05, 0) is 49.9 Å². The van der Waals surface area contributed by atoms with Gasteiger partial charge in [-0.25, -0.2) is 4.39 Å². The molecule has 3 rings (SSSR count). The number of carbonyl (C=O) groups is 1. The van der Waals surface area contributed by atoms with Crippen LogP contribution in [0.3, 0.4) is 0 Å². The van der Waals surface area contributed by atoms with Gasteiger partial charge in [0.1, 0.15) is 11.7 Å². The van der Waals surface area contributed by atoms with Gasteiger partial charge in [-0.2, -0.15) is 0 Å². The molecule has 2 heterocycles. The number of carbonyl (C=O) groups excluding carboxylic acids is 1. The van der Waals surface area contributed by atoms with Gasteiger partial charge in [0.15, 0.2) is 0 Å². The Labute approximate surface area is 123 Å². The van der Waals surface area contributed by atoms with Crippen molar-refractivity contribution in [3.05, 3.63) is 30.1 Å². The van der Waals surface area contributed by atoms with Crippen molar-refractivity contribution in [1.82, 2.24) is 4.90 Å². The van der Waals surface area contributed by atoms with Crippen molar-refractivity contribution in [1.29, 1.82) is 0 Å². The predicted molar refractivity (Wildman–Crippen MR) is 77.4 cm³/mol. The summed E-state index contributed by atoms with van der Waals surface area (Å²) in [6, 6.07) is 7.39. The third-order valence-electron chi connectivity index (χ3n) is 4.35. The number of alkyl halides is 1. The molecule has 0 spiro atoms. The molecule has 2 aliphatic heterocycles. The van der Waals surface area contributed by atoms with Crippen LogP contribution in [0.25, 0.3) is 0 Å². The van der Waals surface area contributed by atoms with Gasteiger partial charge in [0.2, 0.25) is 5.91 Å². The number of rotatable bonds is 3. The van der Waals surface area contributed by atoms with E-state index >= 15 is 0 Å². The molecule has 1 unspecified atom stereocenters. The summed E-state index contributed by atoms with van der Waals surface area (Å²) in [6.07, 6.45) is 4.01. The maximum atomic E-state index is 12.9. The molecular formula is C15H18ClFN2O. The Morgan fingerprint density at radius 2 is 1.85 bits per heavy atom. The number of benzene rings is 1. The van der Waals surface area contributed by atoms with Crippen LogP contribution in [0, 0.1) is 5.82 Å². The highest BCUT2D eigenvalue weighted by atomic mass is 35.5. The van der Waals surface area contributed by atoms with Crippen LogP contribution < -0.4 is 5.32 Å². The van der Waals surface area contributed by atoms with Gasteiger partial charge in [-0.3, -0.25) is 4.79 Å². The summed E-state index contributed by atoms with van der Waals surface area (Å²) in [5.41, 5.74) is 0.938. The number of amides is 1. The van der Waals surface area contributed by atoms with Crippen LogP contribution >= 0.6 is 11.6 Å². The highest BCUT2D eigenvalue weighted by Gasteiger charge is 2.42. The molecule has 0 aliphatic carbocycles. The first-order chi connectivity index (χ1) is 9.67. The van der Waals surface area contributed by atoms with E-state index in [4.69, 9.17) is 11.6 Å². The fourth-order valence-corrected chi connectivity index (χ4v) is 3.69. The molecule has 0 aromatic heterocycles. The smallest absolute Gasteiger partial charge is 0.237 e. The minimum atomic E-state index is -0.224. The first-order valence-corrected chi connectivity index (χ1v) is 7.60. The third-order valence-corrected chi connectivity index (χ3v) is 4.58. The monoisotopic (exact) mass is 296 g/mol. The highest BCUT2D eigenvalue weighted by molar-refractivity contribution is 6.27. The molecule has 5 heteroatoms. The largest absolute Gasteiger partial charge is 0.382 e. The summed E-state index contributed by atoms with van der Waals surface area (Å²) in [5.74, 6) is -0.0965. The zero-order valence-electron chi connectivity index (χ0n) is 11.2. The minimum absolute atomic E-state index is 0.0550. The molecule has 2 aliphatic rings. The van der Waals surface area contributed by atoms with Crippen LogP contribution in [-0.4, -0.2) is 34.8 Å². The Morgan fingerprint density at radius 3 is 2.40 bits per heavy atom. The molecular weight excluding hydrogens is 279 g/mol. The first-order valence-electron chi connectivity index (χ1n) is 7.06. The van der Waals surface area contributed by atoms with Crippen molar-refractivity contribution in [3.63, 3.8) is 0 Å². The molecule has 0 radical (unpaired) electrons. The van der Waals surface area contributed by atoms with Crippen LogP contribution in [0.2, 0.25) is 0 Å². The molecule has 1 aromatic rings. The zero-order chi connectivity index (χ0) is 14.1. The van der Waals surface area contributed by atoms with Gasteiger partial charge in [0.25, 0.3) is 0 Å². The van der Waals surface area contributed by atoms with Crippen LogP contribution in [0.5, 0.6) is 0 Å². The Kier molecular flexibility index (Phi) is 3.83. The average Bonchev–Trinajstić information content (AvgIpc) is 2.72. The second-order valence-electron chi connectivity index (χ2n) is 5.64. The summed E-state index contributed by atoms with van der Waals surface area (Å²) in [7, 11) is 0. The summed E-state index contributed by atoms with van der Waals surface area (Å²) in [4.78, 5) is 13.8. The highest BCUT2D eigenvalue weighted by Crippen LogP contribution is 2.37. The van der Waals surface area contributed by atoms with E-state index in [9.17, 15) is 9.18 Å². The van der Waals surface area contributed by atoms with Crippen molar-refractivity contribution in [2.24, 2.45) is 0 Å². The maximum Gasteiger partial charge on any atom is 0.237 e. The van der Waals surface area contributed by atoms with Crippen LogP contribution in [0.4, 0.5) is 10.1 Å². The Hall–Kier alpha value is -1.29. The molecule has 2 bridgehead atoms. The van der Waals surface area contributed by atoms with E-state index in [1.54, 1.807) is 12.1 Å². The minimum Gasteiger partial charge on any atom is -0.382 e. The molecule has 3 atom stereocenters. The van der Waals surface area contributed by atoms with Gasteiger partial charge < -0.3 is 10.2 Å². The Balaban J connectivity index is 1.65. The van der Waals surface area contributed by atoms with E-state index in [-0.39, 0.29) is 17.6 Å². The number of nitrogens with one attached hydrogen (secondary N) is 1. The van der Waals surface area contributed by atoms with E-state index in [1.807, 2.05) is 4.90 Å². The Morgan fingerprint density at radius 1 is 1.25 bits per heavy atom. The topological polar surface area (TPSA) is 32.3 Å². The lowest BCUT2D eigenvalue weighted by Crippen LogP contribution is -2.50. The van der Waals surface area contributed by atoms with Gasteiger partial charge >= 0.3 is 0 Å². The molecule has 2 saturated heterocycles. The van der Waals surface area contributed by atoms with E-state index in [0.29, 0.717) is 18.1 Å². The number of hydrogen-bond donors (Lipinski definition) is 1. The molecule has 1 aromatic carbocycles. The lowest BCUT2D eigenvalue weighted by molar-refractivity contribution is -0.132. The second kappa shape index (κ2) is 5.60. The molecule has 0 saturated carbocycles. The van der Waals surface area contributed by atoms with E-state index in [0.717, 1.165) is 31.4 Å². The van der Waals surface area contributed by atoms with Crippen molar-refractivity contribution in [2.45, 2.75) is 43.8 Å². The molecule has 1 amide bonds. The van der Waals surface area contributed by atoms with E-state index in [1.165, 1.54) is 12.1 Å². The quantitative estimate of drug-likeness (QED) is 0.870. The molecule has 3 nitrogen and oxygen atoms in total. The standard InChI is InChI=1S/C15H18ClFN2O/c16-9-15(20)19-13-5-6-14(19)8-12(7-13)18-11-3-1-10(17)2-4-11/h1-4,12-14,18H,5-9H2/t12?,13-,14+. The fraction of sp³-hybridized carbons (Fsp3) is 0.533. The maximum absolute atomic E-state index is 12.9. The van der Waals surface area contributed by atoms with E-state index in [2.05, 4.69) is 5.32 Å². The third kappa shape index (κ3) is 2.62. The van der Waals surface area contributed by atoms with Gasteiger partial charge in [0.05, 0.1) is 0 Å². The SMILES string of the molecule is O=C(CCl)N1[C@@H]2CC[C@H]1CC(Nc1ccc(F)cc1)C2. The van der Waals surface area contributed by atoms with Crippen molar-refractivity contribution in [3.8, 4) is 0 Å². The zero-order valence-corrected chi connectivity index (χ0v) is 11.9. The second-order valence-corrected chi connectivity index (χ2v) is 5.91. The average molecular weight is 297 g/mol. The first kappa shape index (κ1) is 13.7. The molecule has 1 N–H and O–H groups in total. The summed E-state index contributed by atoms with van der Waals surface area (Å²) in [5, 5.41) is 3.45. The normalized spacial score (nSPS) is 28.5. The number of fused-ring (bicyclic) bond motifs is 2. The van der Waals surface area contributed by atoms with Crippen LogP contribution in [0.1, 0.15) is 25.7 Å². The van der Waals surface area contributed by atoms with Gasteiger partial charge in [-0.15, -0.1) is 11.6 Å². The summed E-state index contributed by atoms with van der Waals surface area (Å²) < 4.78 is 12.9. The molecule has 20 heavy (non-hydrogen) atoms. The number of piperidine rings is 1. The van der Waals surface area contributed by atoms with Crippen molar-refractivity contribution >= 4 is 23.2 Å². The van der Waals surface area contributed by atoms with Crippen molar-refractivity contribution in [2.75, 3.05) is 11.2 Å². The molecule has 108 valence electrons. The number of nitrogens with zero attached hydrogens (tertiary/aromatic N) is 1. The number of halogens is 2.